The van der Waals surface area contributed by atoms with E-state index < -0.39 is 0 Å². The number of quaternary nitrogens is 2. The number of hydrogen-bond acceptors (Lipinski definition) is 4. The largest absolute Gasteiger partial charge is 0.508 e. The Bertz CT molecular complexity index is 1290. The fourth-order valence-corrected chi connectivity index (χ4v) is 3.87. The van der Waals surface area contributed by atoms with Crippen LogP contribution in [0, 0.1) is 0 Å². The molecule has 0 fully saturated rings. The Morgan fingerprint density at radius 3 is 1.21 bits per heavy atom. The molecule has 3 rings (SSSR count). The summed E-state index contributed by atoms with van der Waals surface area (Å²) in [5, 5.41) is 18.9. The van der Waals surface area contributed by atoms with Gasteiger partial charge in [0.15, 0.2) is 11.9 Å². The number of phenolic OH excluding ortho intramolecular Hbond substituents is 2. The maximum absolute atomic E-state index is 9.43. The first-order chi connectivity index (χ1) is 20.2. The van der Waals surface area contributed by atoms with E-state index in [0.717, 1.165) is 11.1 Å². The van der Waals surface area contributed by atoms with Crippen molar-refractivity contribution in [3.63, 3.8) is 0 Å². The van der Waals surface area contributed by atoms with Gasteiger partial charge in [0.2, 0.25) is 11.9 Å². The molecule has 14 nitrogen and oxygen atoms in total. The molecular formula is C28H40N12O2+2. The van der Waals surface area contributed by atoms with Crippen LogP contribution >= 0.6 is 0 Å². The van der Waals surface area contributed by atoms with Crippen molar-refractivity contribution in [1.82, 2.24) is 9.80 Å². The molecule has 0 aliphatic rings. The quantitative estimate of drug-likeness (QED) is 0.111. The molecule has 0 heterocycles. The summed E-state index contributed by atoms with van der Waals surface area (Å²) in [5.74, 6) is 0.717. The second-order valence-electron chi connectivity index (χ2n) is 9.28. The standard InChI is InChI=1S/C28H38N12O2/c29-13-15-39(27(33)37-25(31)35-21-5-9-23(41)10-6-21)17-19-1-2-20(4-3-19)18-40(16-14-30)28(34)38-26(32)36-22-7-11-24(42)12-8-22/h1-12,41-42H,13-18,29-30H2,(H4,31,33,35,37)(H4,32,34,36,38)/p+2. The lowest BCUT2D eigenvalue weighted by molar-refractivity contribution is -0.368. The van der Waals surface area contributed by atoms with Crippen LogP contribution < -0.4 is 34.4 Å². The number of hydrogen-bond donors (Lipinski definition) is 8. The predicted molar refractivity (Wildman–Crippen MR) is 165 cm³/mol. The monoisotopic (exact) mass is 576 g/mol. The van der Waals surface area contributed by atoms with E-state index in [-0.39, 0.29) is 35.3 Å². The molecule has 0 bridgehead atoms. The summed E-state index contributed by atoms with van der Waals surface area (Å²) < 4.78 is 0. The molecule has 3 aromatic rings. The van der Waals surface area contributed by atoms with Crippen LogP contribution in [0.25, 0.3) is 0 Å². The smallest absolute Gasteiger partial charge is 0.223 e. The van der Waals surface area contributed by atoms with Gasteiger partial charge in [0.25, 0.3) is 0 Å². The third kappa shape index (κ3) is 10.0. The predicted octanol–water partition coefficient (Wildman–Crippen LogP) is -0.892. The van der Waals surface area contributed by atoms with Gasteiger partial charge >= 0.3 is 0 Å². The van der Waals surface area contributed by atoms with Gasteiger partial charge in [-0.25, -0.2) is 9.98 Å². The number of benzene rings is 3. The zero-order valence-corrected chi connectivity index (χ0v) is 23.5. The van der Waals surface area contributed by atoms with Crippen LogP contribution in [-0.4, -0.2) is 70.0 Å². The van der Waals surface area contributed by atoms with Crippen LogP contribution in [0.1, 0.15) is 11.1 Å². The summed E-state index contributed by atoms with van der Waals surface area (Å²) in [6, 6.07) is 20.6. The highest BCUT2D eigenvalue weighted by molar-refractivity contribution is 5.95. The number of phenols is 2. The maximum Gasteiger partial charge on any atom is 0.223 e. The number of guanidine groups is 4. The first kappa shape index (κ1) is 31.2. The summed E-state index contributed by atoms with van der Waals surface area (Å²) >= 11 is 0. The van der Waals surface area contributed by atoms with E-state index in [2.05, 4.69) is 31.4 Å². The van der Waals surface area contributed by atoms with Crippen LogP contribution in [0.2, 0.25) is 0 Å². The first-order valence-electron chi connectivity index (χ1n) is 13.3. The first-order valence-corrected chi connectivity index (χ1v) is 13.3. The van der Waals surface area contributed by atoms with E-state index in [0.29, 0.717) is 50.6 Å². The number of aliphatic imine (C=N–C) groups is 4. The van der Waals surface area contributed by atoms with Gasteiger partial charge in [-0.05, 0) is 59.7 Å². The lowest BCUT2D eigenvalue weighted by atomic mass is 10.1. The maximum atomic E-state index is 9.43. The molecule has 0 aliphatic heterocycles. The Morgan fingerprint density at radius 1 is 0.571 bits per heavy atom. The fraction of sp³-hybridized carbons (Fsp3) is 0.214. The van der Waals surface area contributed by atoms with Gasteiger partial charge in [-0.15, -0.1) is 0 Å². The Labute approximate surface area is 244 Å². The van der Waals surface area contributed by atoms with Crippen LogP contribution in [0.5, 0.6) is 11.5 Å². The molecule has 0 saturated heterocycles. The minimum Gasteiger partial charge on any atom is -0.508 e. The van der Waals surface area contributed by atoms with Gasteiger partial charge in [0.1, 0.15) is 11.5 Å². The number of rotatable bonds is 10. The van der Waals surface area contributed by atoms with Gasteiger partial charge in [-0.2, -0.15) is 9.98 Å². The molecular weight excluding hydrogens is 536 g/mol. The Balaban J connectivity index is 1.68. The van der Waals surface area contributed by atoms with Gasteiger partial charge in [0, 0.05) is 13.1 Å². The number of nitrogens with two attached hydrogens (primary N) is 4. The molecule has 0 saturated carbocycles. The molecule has 0 spiro atoms. The fourth-order valence-electron chi connectivity index (χ4n) is 3.87. The molecule has 0 aromatic heterocycles. The van der Waals surface area contributed by atoms with Crippen molar-refractivity contribution < 1.29 is 21.7 Å². The molecule has 0 radical (unpaired) electrons. The van der Waals surface area contributed by atoms with Crippen molar-refractivity contribution >= 4 is 35.2 Å². The zero-order chi connectivity index (χ0) is 30.5. The topological polar surface area (TPSA) is 256 Å². The third-order valence-electron chi connectivity index (χ3n) is 5.92. The summed E-state index contributed by atoms with van der Waals surface area (Å²) in [7, 11) is 0. The molecule has 0 amide bonds. The van der Waals surface area contributed by atoms with E-state index in [9.17, 15) is 10.2 Å². The second kappa shape index (κ2) is 15.4. The van der Waals surface area contributed by atoms with Crippen molar-refractivity contribution in [2.75, 3.05) is 26.2 Å². The molecule has 222 valence electrons. The average Bonchev–Trinajstić information content (AvgIpc) is 2.96. The van der Waals surface area contributed by atoms with Crippen LogP contribution in [-0.2, 0) is 13.1 Å². The van der Waals surface area contributed by atoms with Gasteiger partial charge < -0.3 is 54.4 Å². The third-order valence-corrected chi connectivity index (χ3v) is 5.92. The van der Waals surface area contributed by atoms with Crippen LogP contribution in [0.15, 0.2) is 92.8 Å². The van der Waals surface area contributed by atoms with Crippen molar-refractivity contribution in [3.05, 3.63) is 83.9 Å². The van der Waals surface area contributed by atoms with Gasteiger partial charge in [-0.3, -0.25) is 0 Å². The van der Waals surface area contributed by atoms with Crippen LogP contribution in [0.3, 0.4) is 0 Å². The number of nitrogens with zero attached hydrogens (tertiary/aromatic N) is 6. The van der Waals surface area contributed by atoms with Crippen molar-refractivity contribution in [2.45, 2.75) is 13.1 Å². The number of aromatic hydroxyl groups is 2. The van der Waals surface area contributed by atoms with E-state index in [1.807, 2.05) is 34.1 Å². The minimum atomic E-state index is 0.00102. The normalized spacial score (nSPS) is 12.8. The lowest BCUT2D eigenvalue weighted by Gasteiger charge is -2.23. The summed E-state index contributed by atoms with van der Waals surface area (Å²) in [6.45, 7) is 3.35. The molecule has 16 N–H and O–H groups in total. The Kier molecular flexibility index (Phi) is 11.5. The summed E-state index contributed by atoms with van der Waals surface area (Å²) in [6.07, 6.45) is 0. The van der Waals surface area contributed by atoms with E-state index in [1.165, 1.54) is 24.3 Å². The SMILES string of the molecule is NC(=Nc1ccc(O)cc1)/N=C(\N)N(CC[NH3+])Cc1ccc(CN(CC[NH3+])/C(N)=N/C(N)=Nc2ccc(O)cc2)cc1. The molecule has 14 heteroatoms. The summed E-state index contributed by atoms with van der Waals surface area (Å²) in [4.78, 5) is 20.7. The molecule has 42 heavy (non-hydrogen) atoms. The molecule has 0 atom stereocenters. The second-order valence-corrected chi connectivity index (χ2v) is 9.28. The minimum absolute atomic E-state index is 0.00102. The van der Waals surface area contributed by atoms with E-state index in [4.69, 9.17) is 22.9 Å². The lowest BCUT2D eigenvalue weighted by Crippen LogP contribution is -2.56. The highest BCUT2D eigenvalue weighted by atomic mass is 16.3. The Morgan fingerprint density at radius 2 is 0.905 bits per heavy atom. The van der Waals surface area contributed by atoms with E-state index in [1.54, 1.807) is 24.3 Å². The summed E-state index contributed by atoms with van der Waals surface area (Å²) in [5.41, 5.74) is 35.5. The average molecular weight is 577 g/mol. The zero-order valence-electron chi connectivity index (χ0n) is 23.5. The van der Waals surface area contributed by atoms with E-state index >= 15 is 0 Å². The van der Waals surface area contributed by atoms with Gasteiger partial charge in [-0.1, -0.05) is 24.3 Å². The van der Waals surface area contributed by atoms with Crippen LogP contribution in [0.4, 0.5) is 11.4 Å². The molecule has 0 unspecified atom stereocenters. The highest BCUT2D eigenvalue weighted by Crippen LogP contribution is 2.18. The Hall–Kier alpha value is -5.34. The van der Waals surface area contributed by atoms with Gasteiger partial charge in [0.05, 0.1) is 37.6 Å². The molecule has 0 aliphatic carbocycles. The van der Waals surface area contributed by atoms with Crippen molar-refractivity contribution in [3.8, 4) is 11.5 Å². The van der Waals surface area contributed by atoms with Crippen molar-refractivity contribution in [1.29, 1.82) is 0 Å². The van der Waals surface area contributed by atoms with Crippen molar-refractivity contribution in [2.24, 2.45) is 42.9 Å². The molecule has 3 aromatic carbocycles. The highest BCUT2D eigenvalue weighted by Gasteiger charge is 2.13.